The number of aromatic hydroxyl groups is 1. The summed E-state index contributed by atoms with van der Waals surface area (Å²) in [5, 5.41) is 14.2. The third-order valence-corrected chi connectivity index (χ3v) is 14.5. The van der Waals surface area contributed by atoms with Gasteiger partial charge >= 0.3 is 0 Å². The summed E-state index contributed by atoms with van der Waals surface area (Å²) in [5.74, 6) is 3.85. The molecule has 1 heterocycles. The summed E-state index contributed by atoms with van der Waals surface area (Å²) in [6.45, 7) is 8.25. The summed E-state index contributed by atoms with van der Waals surface area (Å²) < 4.78 is 24.9. The Bertz CT molecular complexity index is 3490. The highest BCUT2D eigenvalue weighted by atomic mass is 32.2. The Hall–Kier alpha value is -7.58. The van der Waals surface area contributed by atoms with E-state index in [0.29, 0.717) is 17.2 Å². The first kappa shape index (κ1) is 44.9. The van der Waals surface area contributed by atoms with E-state index in [1.165, 1.54) is 50.9 Å². The van der Waals surface area contributed by atoms with Crippen LogP contribution in [0.15, 0.2) is 206 Å². The lowest BCUT2D eigenvalue weighted by atomic mass is 9.65. The highest BCUT2D eigenvalue weighted by molar-refractivity contribution is 7.90. The van der Waals surface area contributed by atoms with E-state index >= 15 is 0 Å². The molecule has 0 aromatic heterocycles. The lowest BCUT2D eigenvalue weighted by Gasteiger charge is -2.40. The average Bonchev–Trinajstić information content (AvgIpc) is 3.88. The first-order valence-electron chi connectivity index (χ1n) is 23.9. The molecule has 13 rings (SSSR count). The molecule has 7 heteroatoms. The van der Waals surface area contributed by atoms with Gasteiger partial charge in [0.1, 0.15) is 34.5 Å². The van der Waals surface area contributed by atoms with Gasteiger partial charge in [0.15, 0.2) is 0 Å². The minimum atomic E-state index is -0.611. The van der Waals surface area contributed by atoms with E-state index in [2.05, 4.69) is 172 Å². The predicted octanol–water partition coefficient (Wildman–Crippen LogP) is 17.2. The number of phenolic OH excluding ortho intramolecular Hbond substituents is 1. The van der Waals surface area contributed by atoms with Crippen molar-refractivity contribution in [2.24, 2.45) is 0 Å². The molecule has 1 N–H and O–H groups in total. The van der Waals surface area contributed by atoms with Crippen LogP contribution >= 0.6 is 25.2 Å². The third kappa shape index (κ3) is 6.85. The summed E-state index contributed by atoms with van der Waals surface area (Å²) in [7, 11) is 0. The Kier molecular flexibility index (Phi) is 11.8. The minimum Gasteiger partial charge on any atom is -0.508 e. The summed E-state index contributed by atoms with van der Waals surface area (Å²) >= 11 is 5.01. The molecule has 2 aliphatic carbocycles. The van der Waals surface area contributed by atoms with Crippen molar-refractivity contribution in [1.29, 1.82) is 0 Å². The van der Waals surface area contributed by atoms with Gasteiger partial charge in [-0.2, -0.15) is 0 Å². The standard InChI is InChI=1S/C58H36O5S2.C3H8.C2H6/c59-39-23-19-37(20-24-39)57(49-13-5-1-9-45(49)46-10-2-6-14-50(46)57)38-21-25-40(26-22-38)62-65-63-42-28-30-44-36(34-42)18-32-54-56(44)60-55-43-29-27-41(61-64)33-35(43)17-31-53(55)58(54)51-15-7-3-11-47(51)48-12-4-8-16-52(48)58;1-3-2;1-2/h1-34,59,64H;3H2,1-2H3;1-2H3. The summed E-state index contributed by atoms with van der Waals surface area (Å²) in [6.07, 6.45) is 1.25. The van der Waals surface area contributed by atoms with Crippen molar-refractivity contribution in [2.75, 3.05) is 0 Å². The zero-order valence-electron chi connectivity index (χ0n) is 39.3. The first-order chi connectivity index (χ1) is 34.5. The molecule has 0 radical (unpaired) electrons. The van der Waals surface area contributed by atoms with Crippen LogP contribution in [0.25, 0.3) is 43.8 Å². The van der Waals surface area contributed by atoms with Crippen LogP contribution in [0.1, 0.15) is 78.6 Å². The largest absolute Gasteiger partial charge is 0.508 e. The molecule has 344 valence electrons. The van der Waals surface area contributed by atoms with Crippen LogP contribution in [0.2, 0.25) is 0 Å². The zero-order chi connectivity index (χ0) is 48.0. The molecule has 0 saturated heterocycles. The molecule has 0 unspecified atom stereocenters. The predicted molar refractivity (Wildman–Crippen MR) is 290 cm³/mol. The topological polar surface area (TPSA) is 57.2 Å². The maximum atomic E-state index is 10.3. The number of hydrogen-bond donors (Lipinski definition) is 2. The van der Waals surface area contributed by atoms with Gasteiger partial charge in [-0.15, -0.1) is 0 Å². The van der Waals surface area contributed by atoms with Gasteiger partial charge in [-0.3, -0.25) is 0 Å². The number of benzene rings is 10. The summed E-state index contributed by atoms with van der Waals surface area (Å²) in [5.41, 5.74) is 12.9. The molecule has 0 saturated carbocycles. The molecule has 0 amide bonds. The molecule has 1 spiro atoms. The third-order valence-electron chi connectivity index (χ3n) is 13.8. The van der Waals surface area contributed by atoms with Crippen LogP contribution in [-0.2, 0) is 10.8 Å². The minimum absolute atomic E-state index is 0.234. The van der Waals surface area contributed by atoms with E-state index in [9.17, 15) is 5.11 Å². The fourth-order valence-corrected chi connectivity index (χ4v) is 11.7. The maximum absolute atomic E-state index is 10.3. The van der Waals surface area contributed by atoms with Gasteiger partial charge in [-0.1, -0.05) is 180 Å². The quantitative estimate of drug-likeness (QED) is 0.123. The molecule has 0 bridgehead atoms. The second kappa shape index (κ2) is 18.4. The molecule has 0 fully saturated rings. The number of thiol groups is 1. The van der Waals surface area contributed by atoms with Crippen molar-refractivity contribution in [3.63, 3.8) is 0 Å². The van der Waals surface area contributed by atoms with Gasteiger partial charge in [0.05, 0.1) is 10.8 Å². The Labute approximate surface area is 419 Å². The van der Waals surface area contributed by atoms with Gasteiger partial charge in [0.25, 0.3) is 12.3 Å². The van der Waals surface area contributed by atoms with Crippen molar-refractivity contribution in [2.45, 2.75) is 44.9 Å². The van der Waals surface area contributed by atoms with E-state index in [1.807, 2.05) is 62.4 Å². The highest BCUT2D eigenvalue weighted by Gasteiger charge is 2.52. The smallest absolute Gasteiger partial charge is 0.293 e. The molecular weight excluding hydrogens is 901 g/mol. The molecule has 1 aliphatic heterocycles. The molecule has 10 aromatic rings. The van der Waals surface area contributed by atoms with Crippen molar-refractivity contribution in [3.8, 4) is 56.8 Å². The van der Waals surface area contributed by atoms with Crippen LogP contribution in [0.5, 0.6) is 34.5 Å². The highest BCUT2D eigenvalue weighted by Crippen LogP contribution is 2.64. The molecule has 70 heavy (non-hydrogen) atoms. The number of fused-ring (bicyclic) bond motifs is 16. The second-order valence-electron chi connectivity index (χ2n) is 17.5. The van der Waals surface area contributed by atoms with Gasteiger partial charge in [0, 0.05) is 34.8 Å². The molecule has 0 atom stereocenters. The van der Waals surface area contributed by atoms with Crippen LogP contribution in [0.4, 0.5) is 0 Å². The van der Waals surface area contributed by atoms with Gasteiger partial charge in [-0.25, -0.2) is 0 Å². The number of hydrogen-bond acceptors (Lipinski definition) is 7. The van der Waals surface area contributed by atoms with Crippen molar-refractivity contribution < 1.29 is 22.4 Å². The summed E-state index contributed by atoms with van der Waals surface area (Å²) in [4.78, 5) is 0. The van der Waals surface area contributed by atoms with Gasteiger partial charge in [-0.05, 0) is 127 Å². The SMILES string of the molecule is CC.CCC.Oc1ccc(C2(c3ccc(OSOc4ccc5c6c(ccc5c4)C4(c5ccccc5-c5ccccc54)c4ccc5cc(OS)ccc5c4O6)cc3)c3ccccc3-c3ccccc32)cc1. The van der Waals surface area contributed by atoms with Crippen molar-refractivity contribution in [3.05, 3.63) is 251 Å². The Morgan fingerprint density at radius 2 is 0.829 bits per heavy atom. The van der Waals surface area contributed by atoms with E-state index in [1.54, 1.807) is 12.1 Å². The summed E-state index contributed by atoms with van der Waals surface area (Å²) in [6, 6.07) is 71.4. The van der Waals surface area contributed by atoms with E-state index in [-0.39, 0.29) is 5.75 Å². The van der Waals surface area contributed by atoms with E-state index in [4.69, 9.17) is 17.3 Å². The Morgan fingerprint density at radius 3 is 1.30 bits per heavy atom. The van der Waals surface area contributed by atoms with Crippen LogP contribution in [0.3, 0.4) is 0 Å². The van der Waals surface area contributed by atoms with Crippen LogP contribution in [0, 0.1) is 0 Å². The van der Waals surface area contributed by atoms with Gasteiger partial charge in [0.2, 0.25) is 0 Å². The van der Waals surface area contributed by atoms with Gasteiger partial charge < -0.3 is 22.4 Å². The maximum Gasteiger partial charge on any atom is 0.293 e. The van der Waals surface area contributed by atoms with E-state index < -0.39 is 10.8 Å². The number of phenols is 1. The average molecular weight is 951 g/mol. The number of ether oxygens (including phenoxy) is 1. The lowest BCUT2D eigenvalue weighted by molar-refractivity contribution is 0.447. The van der Waals surface area contributed by atoms with Crippen LogP contribution < -0.4 is 17.3 Å². The van der Waals surface area contributed by atoms with E-state index in [0.717, 1.165) is 67.6 Å². The zero-order valence-corrected chi connectivity index (χ0v) is 41.0. The monoisotopic (exact) mass is 950 g/mol. The Morgan fingerprint density at radius 1 is 0.443 bits per heavy atom. The Balaban J connectivity index is 0.00000103. The number of rotatable bonds is 7. The molecule has 5 nitrogen and oxygen atoms in total. The second-order valence-corrected chi connectivity index (χ2v) is 18.2. The molecular formula is C63H50O5S2. The lowest BCUT2D eigenvalue weighted by Crippen LogP contribution is -2.32. The van der Waals surface area contributed by atoms with Crippen LogP contribution in [-0.4, -0.2) is 5.11 Å². The molecule has 10 aromatic carbocycles. The van der Waals surface area contributed by atoms with Crippen molar-refractivity contribution in [1.82, 2.24) is 0 Å². The fraction of sp³-hybridized carbons (Fsp3) is 0.111. The fourth-order valence-electron chi connectivity index (χ4n) is 11.1. The normalized spacial score (nSPS) is 13.4. The molecule has 3 aliphatic rings. The van der Waals surface area contributed by atoms with Crippen molar-refractivity contribution >= 4 is 46.8 Å². The first-order valence-corrected chi connectivity index (χ1v) is 25.0.